The number of nitrogens with one attached hydrogen (secondary N) is 1. The third-order valence-corrected chi connectivity index (χ3v) is 7.63. The van der Waals surface area contributed by atoms with Gasteiger partial charge in [-0.2, -0.15) is 0 Å². The Morgan fingerprint density at radius 3 is 2.24 bits per heavy atom. The zero-order valence-corrected chi connectivity index (χ0v) is 24.4. The van der Waals surface area contributed by atoms with Crippen molar-refractivity contribution in [1.29, 1.82) is 0 Å². The lowest BCUT2D eigenvalue weighted by atomic mass is 10.1. The summed E-state index contributed by atoms with van der Waals surface area (Å²) in [5, 5.41) is 3.01. The van der Waals surface area contributed by atoms with Gasteiger partial charge in [-0.15, -0.1) is 0 Å². The Morgan fingerprint density at radius 2 is 1.66 bits per heavy atom. The van der Waals surface area contributed by atoms with Crippen LogP contribution in [0, 0.1) is 6.92 Å². The molecule has 0 unspecified atom stereocenters. The van der Waals surface area contributed by atoms with Crippen molar-refractivity contribution in [1.82, 2.24) is 10.2 Å². The SMILES string of the molecule is CCOc1ccccc1N(CCCC(=O)N(Cc1ccc(C)cc1)[C@H](CC)C(=O)N[C@@H](C)CC)S(C)(=O)=O. The van der Waals surface area contributed by atoms with E-state index >= 15 is 0 Å². The number of amides is 2. The van der Waals surface area contributed by atoms with Crippen molar-refractivity contribution in [2.45, 2.75) is 78.9 Å². The number of carbonyl (C=O) groups excluding carboxylic acids is 2. The van der Waals surface area contributed by atoms with Crippen LogP contribution in [0.2, 0.25) is 0 Å². The van der Waals surface area contributed by atoms with Crippen LogP contribution >= 0.6 is 0 Å². The molecule has 8 nitrogen and oxygen atoms in total. The topological polar surface area (TPSA) is 96.0 Å². The first-order valence-electron chi connectivity index (χ1n) is 13.4. The third kappa shape index (κ3) is 9.04. The maximum absolute atomic E-state index is 13.6. The van der Waals surface area contributed by atoms with Gasteiger partial charge in [-0.3, -0.25) is 13.9 Å². The molecular weight excluding hydrogens is 502 g/mol. The fourth-order valence-corrected chi connectivity index (χ4v) is 5.14. The Hall–Kier alpha value is -3.07. The van der Waals surface area contributed by atoms with Crippen LogP contribution in [0.4, 0.5) is 5.69 Å². The molecule has 2 amide bonds. The lowest BCUT2D eigenvalue weighted by molar-refractivity contribution is -0.141. The average Bonchev–Trinajstić information content (AvgIpc) is 2.87. The molecule has 0 aliphatic heterocycles. The van der Waals surface area contributed by atoms with Crippen molar-refractivity contribution in [3.63, 3.8) is 0 Å². The van der Waals surface area contributed by atoms with Crippen LogP contribution in [-0.2, 0) is 26.2 Å². The summed E-state index contributed by atoms with van der Waals surface area (Å²) in [6, 6.07) is 14.2. The molecule has 2 aromatic carbocycles. The fourth-order valence-electron chi connectivity index (χ4n) is 4.17. The van der Waals surface area contributed by atoms with Gasteiger partial charge >= 0.3 is 0 Å². The van der Waals surface area contributed by atoms with Crippen LogP contribution in [-0.4, -0.2) is 56.6 Å². The van der Waals surface area contributed by atoms with Gasteiger partial charge in [0.1, 0.15) is 11.8 Å². The lowest BCUT2D eigenvalue weighted by Crippen LogP contribution is -2.50. The van der Waals surface area contributed by atoms with Gasteiger partial charge in [-0.1, -0.05) is 55.8 Å². The second-order valence-corrected chi connectivity index (χ2v) is 11.5. The molecule has 9 heteroatoms. The van der Waals surface area contributed by atoms with Gasteiger partial charge in [0.15, 0.2) is 0 Å². The molecule has 2 aromatic rings. The zero-order chi connectivity index (χ0) is 28.3. The van der Waals surface area contributed by atoms with E-state index in [1.165, 1.54) is 4.31 Å². The standard InChI is InChI=1S/C29H43N3O5S/c1-7-23(5)30-29(34)25(8-2)31(21-24-18-16-22(4)17-19-24)28(33)15-12-20-32(38(6,35)36)26-13-10-11-14-27(26)37-9-3/h10-11,13-14,16-19,23,25H,7-9,12,15,20-21H2,1-6H3,(H,30,34)/t23-,25+/m0/s1. The van der Waals surface area contributed by atoms with Crippen LogP contribution in [0.5, 0.6) is 5.75 Å². The minimum Gasteiger partial charge on any atom is -0.492 e. The largest absolute Gasteiger partial charge is 0.492 e. The highest BCUT2D eigenvalue weighted by Gasteiger charge is 2.29. The summed E-state index contributed by atoms with van der Waals surface area (Å²) in [6.07, 6.45) is 2.80. The van der Waals surface area contributed by atoms with Crippen LogP contribution in [0.25, 0.3) is 0 Å². The molecule has 2 rings (SSSR count). The second kappa shape index (κ2) is 14.8. The van der Waals surface area contributed by atoms with Crippen molar-refractivity contribution >= 4 is 27.5 Å². The number of sulfonamides is 1. The normalized spacial score (nSPS) is 12.9. The van der Waals surface area contributed by atoms with Crippen molar-refractivity contribution in [2.24, 2.45) is 0 Å². The number of nitrogens with zero attached hydrogens (tertiary/aromatic N) is 2. The summed E-state index contributed by atoms with van der Waals surface area (Å²) in [7, 11) is -3.62. The first-order valence-corrected chi connectivity index (χ1v) is 15.2. The van der Waals surface area contributed by atoms with Crippen molar-refractivity contribution < 1.29 is 22.7 Å². The van der Waals surface area contributed by atoms with Gasteiger partial charge in [0.05, 0.1) is 18.6 Å². The van der Waals surface area contributed by atoms with Crippen LogP contribution in [0.15, 0.2) is 48.5 Å². The number of para-hydroxylation sites is 2. The second-order valence-electron chi connectivity index (χ2n) is 9.59. The van der Waals surface area contributed by atoms with E-state index < -0.39 is 16.1 Å². The molecule has 0 fully saturated rings. The molecule has 1 N–H and O–H groups in total. The molecule has 0 aromatic heterocycles. The predicted octanol–water partition coefficient (Wildman–Crippen LogP) is 4.66. The smallest absolute Gasteiger partial charge is 0.243 e. The molecule has 0 bridgehead atoms. The van der Waals surface area contributed by atoms with Gasteiger partial charge in [-0.05, 0) is 57.7 Å². The molecule has 0 radical (unpaired) electrons. The van der Waals surface area contributed by atoms with Crippen LogP contribution < -0.4 is 14.4 Å². The van der Waals surface area contributed by atoms with E-state index in [1.807, 2.05) is 58.9 Å². The molecule has 0 heterocycles. The molecule has 38 heavy (non-hydrogen) atoms. The quantitative estimate of drug-likeness (QED) is 0.351. The van der Waals surface area contributed by atoms with E-state index in [2.05, 4.69) is 5.32 Å². The number of aryl methyl sites for hydroxylation is 1. The van der Waals surface area contributed by atoms with Crippen LogP contribution in [0.3, 0.4) is 0 Å². The minimum atomic E-state index is -3.62. The van der Waals surface area contributed by atoms with Crippen molar-refractivity contribution in [3.05, 3.63) is 59.7 Å². The number of carbonyl (C=O) groups is 2. The number of benzene rings is 2. The summed E-state index contributed by atoms with van der Waals surface area (Å²) in [5.74, 6) is 0.106. The number of hydrogen-bond donors (Lipinski definition) is 1. The summed E-state index contributed by atoms with van der Waals surface area (Å²) < 4.78 is 32.2. The number of ether oxygens (including phenoxy) is 1. The molecule has 0 saturated carbocycles. The molecule has 0 aliphatic carbocycles. The Kier molecular flexibility index (Phi) is 12.1. The Balaban J connectivity index is 2.25. The highest BCUT2D eigenvalue weighted by atomic mass is 32.2. The van der Waals surface area contributed by atoms with Gasteiger partial charge in [0, 0.05) is 25.6 Å². The lowest BCUT2D eigenvalue weighted by Gasteiger charge is -2.32. The summed E-state index contributed by atoms with van der Waals surface area (Å²) >= 11 is 0. The summed E-state index contributed by atoms with van der Waals surface area (Å²) in [5.41, 5.74) is 2.49. The van der Waals surface area contributed by atoms with Gasteiger partial charge in [-0.25, -0.2) is 8.42 Å². The first kappa shape index (κ1) is 31.1. The first-order chi connectivity index (χ1) is 18.0. The van der Waals surface area contributed by atoms with Crippen molar-refractivity contribution in [2.75, 3.05) is 23.7 Å². The van der Waals surface area contributed by atoms with Crippen LogP contribution in [0.1, 0.15) is 64.5 Å². The highest BCUT2D eigenvalue weighted by Crippen LogP contribution is 2.30. The monoisotopic (exact) mass is 545 g/mol. The van der Waals surface area contributed by atoms with Gasteiger partial charge < -0.3 is 15.0 Å². The predicted molar refractivity (Wildman–Crippen MR) is 153 cm³/mol. The Bertz CT molecular complexity index is 1150. The van der Waals surface area contributed by atoms with Gasteiger partial charge in [0.25, 0.3) is 0 Å². The van der Waals surface area contributed by atoms with E-state index in [9.17, 15) is 18.0 Å². The number of rotatable bonds is 15. The molecular formula is C29H43N3O5S. The summed E-state index contributed by atoms with van der Waals surface area (Å²) in [6.45, 7) is 10.5. The summed E-state index contributed by atoms with van der Waals surface area (Å²) in [4.78, 5) is 28.3. The third-order valence-electron chi connectivity index (χ3n) is 6.45. The Labute approximate surface area is 228 Å². The molecule has 2 atom stereocenters. The maximum atomic E-state index is 13.6. The number of hydrogen-bond acceptors (Lipinski definition) is 5. The maximum Gasteiger partial charge on any atom is 0.243 e. The zero-order valence-electron chi connectivity index (χ0n) is 23.6. The molecule has 210 valence electrons. The van der Waals surface area contributed by atoms with E-state index in [4.69, 9.17) is 4.74 Å². The Morgan fingerprint density at radius 1 is 1.00 bits per heavy atom. The number of anilines is 1. The van der Waals surface area contributed by atoms with E-state index in [1.54, 1.807) is 29.2 Å². The average molecular weight is 546 g/mol. The molecule has 0 aliphatic rings. The van der Waals surface area contributed by atoms with Gasteiger partial charge in [0.2, 0.25) is 21.8 Å². The fraction of sp³-hybridized carbons (Fsp3) is 0.517. The minimum absolute atomic E-state index is 0.00149. The molecule has 0 spiro atoms. The van der Waals surface area contributed by atoms with E-state index in [-0.39, 0.29) is 30.8 Å². The van der Waals surface area contributed by atoms with E-state index in [0.29, 0.717) is 37.4 Å². The molecule has 0 saturated heterocycles. The van der Waals surface area contributed by atoms with E-state index in [0.717, 1.165) is 23.8 Å². The highest BCUT2D eigenvalue weighted by molar-refractivity contribution is 7.92. The van der Waals surface area contributed by atoms with Crippen molar-refractivity contribution in [3.8, 4) is 5.75 Å².